The molecule has 0 aromatic carbocycles. The highest BCUT2D eigenvalue weighted by atomic mass is 28.5. The standard InChI is InChI=1S/C14H40O7Si5.C8H22O4Si2.C6H20O4Si3.8CH4/c1-12-16-25(10,14-3)21-26(11,17-13-2)20-24(8,9)19-23(6,7)18-22(4,5)15;1-6-10-13(4,8-3)12-14(5,9)11-7-2;1-11(2,7)9-13(5,6)10-12(3,4)8;;;;;;;;/h15H,12-14H2,1-11H3;9H,6-8H2,1-5H3;7-8H,1-6H3;8*1H4/p+1. The van der Waals surface area contributed by atoms with Gasteiger partial charge in [-0.1, -0.05) is 73.3 Å². The minimum Gasteiger partial charge on any atom is -0.500 e. The highest BCUT2D eigenvalue weighted by Gasteiger charge is 2.51. The summed E-state index contributed by atoms with van der Waals surface area (Å²) in [6.45, 7) is 43.5. The van der Waals surface area contributed by atoms with E-state index in [2.05, 4.69) is 6.92 Å². The highest BCUT2D eigenvalue weighted by molar-refractivity contribution is 6.88. The fourth-order valence-electron chi connectivity index (χ4n) is 5.37. The summed E-state index contributed by atoms with van der Waals surface area (Å²) in [5.74, 6) is 0. The molecule has 5 N–H and O–H groups in total. The SMILES string of the molecule is C.C.C.C.C.C.C.C.CCO[Si](C)(CC)O[Si](C)(OCC)O[Si](C)(C)O[Si](C)(C)O[Si](C)(C)O.CCO[Si](C)([OH2+])O[Si](C)(CC)OCC.C[Si](C)(O)O[Si](C)(C)O[Si](C)(C)O. The second kappa shape index (κ2) is 36.6. The molecule has 0 spiro atoms. The summed E-state index contributed by atoms with van der Waals surface area (Å²) in [6.07, 6.45) is 0. The van der Waals surface area contributed by atoms with Crippen LogP contribution in [0.15, 0.2) is 0 Å². The molecule has 0 aliphatic heterocycles. The molecule has 0 saturated carbocycles. The van der Waals surface area contributed by atoms with E-state index in [0.717, 1.165) is 12.1 Å². The van der Waals surface area contributed by atoms with E-state index in [1.807, 2.05) is 93.5 Å². The fourth-order valence-corrected chi connectivity index (χ4v) is 41.8. The lowest BCUT2D eigenvalue weighted by atomic mass is 10.9. The predicted molar refractivity (Wildman–Crippen MR) is 291 cm³/mol. The first-order valence-electron chi connectivity index (χ1n) is 18.7. The molecular formula is C36H115O15Si10+. The van der Waals surface area contributed by atoms with Crippen LogP contribution in [-0.2, 0) is 46.5 Å². The van der Waals surface area contributed by atoms with Gasteiger partial charge >= 0.3 is 86.1 Å². The van der Waals surface area contributed by atoms with Gasteiger partial charge < -0.3 is 65.7 Å². The number of rotatable bonds is 24. The Bertz CT molecular complexity index is 986. The lowest BCUT2D eigenvalue weighted by Gasteiger charge is -2.41. The number of hydrogen-bond donors (Lipinski definition) is 3. The van der Waals surface area contributed by atoms with Gasteiger partial charge in [-0.3, -0.25) is 0 Å². The minimum absolute atomic E-state index is 0. The van der Waals surface area contributed by atoms with E-state index in [0.29, 0.717) is 26.4 Å². The lowest BCUT2D eigenvalue weighted by Crippen LogP contribution is -2.61. The summed E-state index contributed by atoms with van der Waals surface area (Å²) >= 11 is 0. The smallest absolute Gasteiger partial charge is 0.500 e. The summed E-state index contributed by atoms with van der Waals surface area (Å²) in [5.41, 5.74) is 0. The van der Waals surface area contributed by atoms with Gasteiger partial charge in [-0.05, 0) is 131 Å². The van der Waals surface area contributed by atoms with E-state index in [1.54, 1.807) is 45.8 Å². The van der Waals surface area contributed by atoms with Gasteiger partial charge in [-0.15, -0.1) is 0 Å². The molecule has 0 bridgehead atoms. The molecule has 4 atom stereocenters. The van der Waals surface area contributed by atoms with Gasteiger partial charge in [-0.25, -0.2) is 0 Å². The first kappa shape index (κ1) is 89.2. The Morgan fingerprint density at radius 3 is 0.820 bits per heavy atom. The van der Waals surface area contributed by atoms with Crippen molar-refractivity contribution < 1.29 is 65.7 Å². The molecule has 0 aromatic heterocycles. The molecule has 4 unspecified atom stereocenters. The van der Waals surface area contributed by atoms with Crippen molar-refractivity contribution in [2.45, 2.75) is 218 Å². The molecule has 388 valence electrons. The summed E-state index contributed by atoms with van der Waals surface area (Å²) in [6, 6.07) is 1.67. The van der Waals surface area contributed by atoms with Gasteiger partial charge in [-0.2, -0.15) is 0 Å². The maximum absolute atomic E-state index is 10.1. The molecule has 15 nitrogen and oxygen atoms in total. The molecule has 0 rings (SSSR count). The minimum atomic E-state index is -2.95. The molecule has 0 amide bonds. The van der Waals surface area contributed by atoms with Gasteiger partial charge in [0.05, 0.1) is 6.55 Å². The molecule has 0 aliphatic rings. The second-order valence-electron chi connectivity index (χ2n) is 15.8. The molecule has 0 radical (unpaired) electrons. The van der Waals surface area contributed by atoms with Crippen LogP contribution in [0.4, 0.5) is 0 Å². The Labute approximate surface area is 394 Å². The maximum atomic E-state index is 10.1. The van der Waals surface area contributed by atoms with Crippen molar-refractivity contribution in [2.24, 2.45) is 0 Å². The van der Waals surface area contributed by atoms with Crippen LogP contribution >= 0.6 is 0 Å². The van der Waals surface area contributed by atoms with Crippen LogP contribution in [0, 0.1) is 0 Å². The van der Waals surface area contributed by atoms with Gasteiger partial charge in [0.25, 0.3) is 0 Å². The molecule has 0 saturated heterocycles. The topological polar surface area (TPSA) is 185 Å². The van der Waals surface area contributed by atoms with Crippen LogP contribution in [-0.4, -0.2) is 132 Å². The molecule has 0 fully saturated rings. The largest absolute Gasteiger partial charge is 0.705 e. The van der Waals surface area contributed by atoms with Crippen molar-refractivity contribution in [3.8, 4) is 0 Å². The molecule has 25 heteroatoms. The van der Waals surface area contributed by atoms with Crippen molar-refractivity contribution in [2.75, 3.05) is 26.4 Å². The fraction of sp³-hybridized carbons (Fsp3) is 1.00. The first-order chi connectivity index (χ1) is 23.3. The first-order valence-corrected chi connectivity index (χ1v) is 45.3. The van der Waals surface area contributed by atoms with Crippen molar-refractivity contribution >= 4 is 86.1 Å². The predicted octanol–water partition coefficient (Wildman–Crippen LogP) is 11.5. The highest BCUT2D eigenvalue weighted by Crippen LogP contribution is 2.28. The second-order valence-corrected chi connectivity index (χ2v) is 49.3. The van der Waals surface area contributed by atoms with E-state index >= 15 is 0 Å². The van der Waals surface area contributed by atoms with Gasteiger partial charge in [0.1, 0.15) is 0 Å². The molecule has 0 aliphatic carbocycles. The van der Waals surface area contributed by atoms with Crippen molar-refractivity contribution in [3.63, 3.8) is 0 Å². The van der Waals surface area contributed by atoms with Gasteiger partial charge in [0, 0.05) is 33.0 Å². The summed E-state index contributed by atoms with van der Waals surface area (Å²) in [4.78, 5) is 37.1. The Kier molecular flexibility index (Phi) is 53.5. The van der Waals surface area contributed by atoms with Crippen molar-refractivity contribution in [1.82, 2.24) is 0 Å². The molecule has 0 heterocycles. The van der Waals surface area contributed by atoms with Crippen LogP contribution in [0.2, 0.25) is 117 Å². The monoisotopic (exact) mass is 1070 g/mol. The molecule has 61 heavy (non-hydrogen) atoms. The Morgan fingerprint density at radius 2 is 0.574 bits per heavy atom. The van der Waals surface area contributed by atoms with Crippen LogP contribution in [0.3, 0.4) is 0 Å². The van der Waals surface area contributed by atoms with Gasteiger partial charge in [0.2, 0.25) is 0 Å². The Morgan fingerprint density at radius 1 is 0.328 bits per heavy atom. The normalized spacial score (nSPS) is 15.6. The summed E-state index contributed by atoms with van der Waals surface area (Å²) in [5, 5.41) is 0. The average Bonchev–Trinajstić information content (AvgIpc) is 2.83. The van der Waals surface area contributed by atoms with E-state index in [-0.39, 0.29) is 59.4 Å². The van der Waals surface area contributed by atoms with E-state index in [1.165, 1.54) is 0 Å². The average molecular weight is 1070 g/mol. The maximum Gasteiger partial charge on any atom is 0.705 e. The quantitative estimate of drug-likeness (QED) is 0.0612. The van der Waals surface area contributed by atoms with Crippen molar-refractivity contribution in [1.29, 1.82) is 0 Å². The zero-order valence-electron chi connectivity index (χ0n) is 37.6. The Balaban J connectivity index is -0.0000000689. The Hall–Kier alpha value is 1.57. The molecular weight excluding hydrogens is 953 g/mol. The number of hydrogen-bond acceptors (Lipinski definition) is 14. The zero-order chi connectivity index (χ0) is 43.0. The van der Waals surface area contributed by atoms with Crippen molar-refractivity contribution in [3.05, 3.63) is 0 Å². The third-order valence-corrected chi connectivity index (χ3v) is 38.0. The summed E-state index contributed by atoms with van der Waals surface area (Å²) < 4.78 is 64.5. The third-order valence-electron chi connectivity index (χ3n) is 6.23. The van der Waals surface area contributed by atoms with Crippen LogP contribution in [0.5, 0.6) is 0 Å². The zero-order valence-corrected chi connectivity index (χ0v) is 47.6. The van der Waals surface area contributed by atoms with Gasteiger partial charge in [0.15, 0.2) is 0 Å². The van der Waals surface area contributed by atoms with Crippen LogP contribution in [0.1, 0.15) is 101 Å². The molecule has 0 aromatic rings. The lowest BCUT2D eigenvalue weighted by molar-refractivity contribution is 0.134. The third kappa shape index (κ3) is 50.8. The summed E-state index contributed by atoms with van der Waals surface area (Å²) in [7, 11) is -25.5. The van der Waals surface area contributed by atoms with E-state index in [9.17, 15) is 14.4 Å². The van der Waals surface area contributed by atoms with E-state index < -0.39 is 86.1 Å². The van der Waals surface area contributed by atoms with Crippen LogP contribution in [0.25, 0.3) is 0 Å². The van der Waals surface area contributed by atoms with E-state index in [4.69, 9.17) is 51.3 Å². The van der Waals surface area contributed by atoms with Crippen LogP contribution < -0.4 is 0 Å².